The molecular weight excluding hydrogens is 275 g/mol. The van der Waals surface area contributed by atoms with Crippen molar-refractivity contribution in [2.75, 3.05) is 13.0 Å². The number of hydrogen-bond donors (Lipinski definition) is 0. The predicted molar refractivity (Wildman–Crippen MR) is 82.7 cm³/mol. The van der Waals surface area contributed by atoms with E-state index in [0.29, 0.717) is 11.6 Å². The molecule has 0 aliphatic rings. The normalized spacial score (nSPS) is 11.5. The summed E-state index contributed by atoms with van der Waals surface area (Å²) < 4.78 is 18.5. The zero-order valence-electron chi connectivity index (χ0n) is 11.5. The lowest BCUT2D eigenvalue weighted by atomic mass is 10.0. The first-order valence-electron chi connectivity index (χ1n) is 6.31. The van der Waals surface area contributed by atoms with Crippen LogP contribution in [-0.4, -0.2) is 13.0 Å². The number of hydrogen-bond acceptors (Lipinski definition) is 1. The first-order valence-corrected chi connectivity index (χ1v) is 6.85. The van der Waals surface area contributed by atoms with Crippen LogP contribution >= 0.6 is 11.6 Å². The molecule has 0 saturated heterocycles. The van der Waals surface area contributed by atoms with Crippen molar-refractivity contribution < 1.29 is 9.13 Å². The topological polar surface area (TPSA) is 9.23 Å². The van der Waals surface area contributed by atoms with Crippen molar-refractivity contribution >= 4 is 23.3 Å². The molecule has 0 aromatic heterocycles. The van der Waals surface area contributed by atoms with E-state index in [1.807, 2.05) is 37.3 Å². The maximum atomic E-state index is 13.3. The van der Waals surface area contributed by atoms with Gasteiger partial charge in [0.1, 0.15) is 11.6 Å². The molecule has 0 spiro atoms. The number of benzene rings is 2. The Morgan fingerprint density at radius 1 is 1.25 bits per heavy atom. The molecule has 2 aromatic rings. The van der Waals surface area contributed by atoms with Crippen molar-refractivity contribution in [3.8, 4) is 5.75 Å². The molecule has 0 radical (unpaired) electrons. The van der Waals surface area contributed by atoms with E-state index in [-0.39, 0.29) is 5.82 Å². The molecule has 2 aromatic carbocycles. The number of rotatable bonds is 4. The summed E-state index contributed by atoms with van der Waals surface area (Å²) in [5.41, 5.74) is 3.97. The van der Waals surface area contributed by atoms with Gasteiger partial charge in [0.2, 0.25) is 0 Å². The molecule has 20 heavy (non-hydrogen) atoms. The van der Waals surface area contributed by atoms with Gasteiger partial charge in [-0.2, -0.15) is 0 Å². The lowest BCUT2D eigenvalue weighted by Gasteiger charge is -2.11. The second-order valence-electron chi connectivity index (χ2n) is 4.50. The molecule has 0 saturated carbocycles. The Hall–Kier alpha value is -1.80. The molecule has 0 fully saturated rings. The highest BCUT2D eigenvalue weighted by Crippen LogP contribution is 2.29. The molecule has 0 unspecified atom stereocenters. The minimum absolute atomic E-state index is 0.324. The van der Waals surface area contributed by atoms with Crippen LogP contribution in [0.3, 0.4) is 0 Å². The molecule has 0 aliphatic heterocycles. The van der Waals surface area contributed by atoms with E-state index in [9.17, 15) is 4.39 Å². The van der Waals surface area contributed by atoms with Crippen LogP contribution in [-0.2, 0) is 0 Å². The summed E-state index contributed by atoms with van der Waals surface area (Å²) in [5.74, 6) is 0.497. The van der Waals surface area contributed by atoms with E-state index in [2.05, 4.69) is 0 Å². The Labute approximate surface area is 123 Å². The lowest BCUT2D eigenvalue weighted by molar-refractivity contribution is 0.410. The third-order valence-corrected chi connectivity index (χ3v) is 3.46. The molecule has 0 N–H and O–H groups in total. The lowest BCUT2D eigenvalue weighted by Crippen LogP contribution is -1.94. The molecule has 0 aliphatic carbocycles. The quantitative estimate of drug-likeness (QED) is 0.573. The van der Waals surface area contributed by atoms with Crippen LogP contribution in [0.25, 0.3) is 11.6 Å². The van der Waals surface area contributed by atoms with Crippen molar-refractivity contribution in [1.29, 1.82) is 0 Å². The molecule has 3 heteroatoms. The van der Waals surface area contributed by atoms with Crippen LogP contribution in [0.2, 0.25) is 0 Å². The van der Waals surface area contributed by atoms with Gasteiger partial charge in [-0.1, -0.05) is 24.3 Å². The largest absolute Gasteiger partial charge is 0.496 e. The number of alkyl halides is 1. The summed E-state index contributed by atoms with van der Waals surface area (Å²) in [6, 6.07) is 12.5. The molecule has 0 atom stereocenters. The minimum Gasteiger partial charge on any atom is -0.496 e. The monoisotopic (exact) mass is 290 g/mol. The van der Waals surface area contributed by atoms with Gasteiger partial charge in [0.15, 0.2) is 0 Å². The fourth-order valence-corrected chi connectivity index (χ4v) is 2.28. The van der Waals surface area contributed by atoms with Gasteiger partial charge in [-0.25, -0.2) is 4.39 Å². The molecule has 0 bridgehead atoms. The SMILES string of the molecule is COc1cc(F)ccc1C(=Cc1ccccc1C)CCl. The van der Waals surface area contributed by atoms with E-state index in [1.54, 1.807) is 6.07 Å². The molecule has 1 nitrogen and oxygen atoms in total. The minimum atomic E-state index is -0.324. The number of ether oxygens (including phenoxy) is 1. The zero-order valence-corrected chi connectivity index (χ0v) is 12.2. The molecule has 2 rings (SSSR count). The zero-order chi connectivity index (χ0) is 14.5. The highest BCUT2D eigenvalue weighted by molar-refractivity contribution is 6.24. The maximum Gasteiger partial charge on any atom is 0.129 e. The Morgan fingerprint density at radius 3 is 2.65 bits per heavy atom. The Kier molecular flexibility index (Phi) is 4.80. The number of allylic oxidation sites excluding steroid dienone is 1. The summed E-state index contributed by atoms with van der Waals surface area (Å²) >= 11 is 6.06. The fraction of sp³-hybridized carbons (Fsp3) is 0.176. The van der Waals surface area contributed by atoms with Crippen molar-refractivity contribution in [2.45, 2.75) is 6.92 Å². The first kappa shape index (κ1) is 14.6. The van der Waals surface area contributed by atoms with Gasteiger partial charge in [-0.05, 0) is 41.8 Å². The van der Waals surface area contributed by atoms with Crippen LogP contribution in [0, 0.1) is 12.7 Å². The molecule has 0 heterocycles. The summed E-state index contributed by atoms with van der Waals surface area (Å²) in [6.45, 7) is 2.04. The average Bonchev–Trinajstić information content (AvgIpc) is 2.46. The van der Waals surface area contributed by atoms with E-state index >= 15 is 0 Å². The fourth-order valence-electron chi connectivity index (χ4n) is 2.06. The standard InChI is InChI=1S/C17H16ClFO/c1-12-5-3-4-6-13(12)9-14(11-18)16-8-7-15(19)10-17(16)20-2/h3-10H,11H2,1-2H3. The van der Waals surface area contributed by atoms with Crippen molar-refractivity contribution in [1.82, 2.24) is 0 Å². The summed E-state index contributed by atoms with van der Waals surface area (Å²) in [5, 5.41) is 0. The first-order chi connectivity index (χ1) is 9.65. The second-order valence-corrected chi connectivity index (χ2v) is 4.77. The Bertz CT molecular complexity index is 635. The third-order valence-electron chi connectivity index (χ3n) is 3.17. The van der Waals surface area contributed by atoms with Crippen LogP contribution in [0.1, 0.15) is 16.7 Å². The highest BCUT2D eigenvalue weighted by atomic mass is 35.5. The summed E-state index contributed by atoms with van der Waals surface area (Å²) in [7, 11) is 1.53. The van der Waals surface area contributed by atoms with Crippen LogP contribution in [0.4, 0.5) is 4.39 Å². The van der Waals surface area contributed by atoms with Gasteiger partial charge in [-0.15, -0.1) is 11.6 Å². The second kappa shape index (κ2) is 6.58. The highest BCUT2D eigenvalue weighted by Gasteiger charge is 2.09. The third kappa shape index (κ3) is 3.20. The van der Waals surface area contributed by atoms with Crippen molar-refractivity contribution in [3.63, 3.8) is 0 Å². The van der Waals surface area contributed by atoms with Crippen LogP contribution < -0.4 is 4.74 Å². The van der Waals surface area contributed by atoms with Gasteiger partial charge >= 0.3 is 0 Å². The smallest absolute Gasteiger partial charge is 0.129 e. The summed E-state index contributed by atoms with van der Waals surface area (Å²) in [6.07, 6.45) is 2.01. The maximum absolute atomic E-state index is 13.3. The molecule has 104 valence electrons. The van der Waals surface area contributed by atoms with Crippen LogP contribution in [0.5, 0.6) is 5.75 Å². The average molecular weight is 291 g/mol. The molecular formula is C17H16ClFO. The van der Waals surface area contributed by atoms with Gasteiger partial charge < -0.3 is 4.74 Å². The predicted octanol–water partition coefficient (Wildman–Crippen LogP) is 4.92. The number of methoxy groups -OCH3 is 1. The van der Waals surface area contributed by atoms with Crippen LogP contribution in [0.15, 0.2) is 42.5 Å². The number of aryl methyl sites for hydroxylation is 1. The van der Waals surface area contributed by atoms with Gasteiger partial charge in [-0.3, -0.25) is 0 Å². The van der Waals surface area contributed by atoms with E-state index in [4.69, 9.17) is 16.3 Å². The van der Waals surface area contributed by atoms with Gasteiger partial charge in [0, 0.05) is 17.5 Å². The summed E-state index contributed by atoms with van der Waals surface area (Å²) in [4.78, 5) is 0. The van der Waals surface area contributed by atoms with Crippen molar-refractivity contribution in [3.05, 3.63) is 65.0 Å². The van der Waals surface area contributed by atoms with E-state index < -0.39 is 0 Å². The Morgan fingerprint density at radius 2 is 2.00 bits per heavy atom. The van der Waals surface area contributed by atoms with Gasteiger partial charge in [0.25, 0.3) is 0 Å². The van der Waals surface area contributed by atoms with E-state index in [0.717, 1.165) is 22.3 Å². The van der Waals surface area contributed by atoms with E-state index in [1.165, 1.54) is 19.2 Å². The molecule has 0 amide bonds. The van der Waals surface area contributed by atoms with Gasteiger partial charge in [0.05, 0.1) is 7.11 Å². The number of halogens is 2. The Balaban J connectivity index is 2.50. The van der Waals surface area contributed by atoms with Crippen molar-refractivity contribution in [2.24, 2.45) is 0 Å².